The fourth-order valence-electron chi connectivity index (χ4n) is 2.58. The number of benzene rings is 2. The lowest BCUT2D eigenvalue weighted by atomic mass is 9.77. The van der Waals surface area contributed by atoms with Gasteiger partial charge in [-0.25, -0.2) is 4.39 Å². The minimum atomic E-state index is -0.174. The molecule has 0 radical (unpaired) electrons. The van der Waals surface area contributed by atoms with Crippen LogP contribution in [0.1, 0.15) is 16.7 Å². The number of rotatable bonds is 5. The van der Waals surface area contributed by atoms with Crippen molar-refractivity contribution in [3.63, 3.8) is 0 Å². The van der Waals surface area contributed by atoms with E-state index < -0.39 is 0 Å². The Labute approximate surface area is 150 Å². The molecule has 0 saturated carbocycles. The van der Waals surface area contributed by atoms with E-state index >= 15 is 0 Å². The lowest BCUT2D eigenvalue weighted by molar-refractivity contribution is 0.520. The van der Waals surface area contributed by atoms with Gasteiger partial charge in [-0.2, -0.15) is 0 Å². The smallest absolute Gasteiger partial charge is 0.126 e. The van der Waals surface area contributed by atoms with E-state index in [4.69, 9.17) is 0 Å². The minimum absolute atomic E-state index is 0.155. The van der Waals surface area contributed by atoms with Gasteiger partial charge in [0.05, 0.1) is 0 Å². The maximum Gasteiger partial charge on any atom is 0.126 e. The number of aryl methyl sites for hydroxylation is 1. The highest BCUT2D eigenvalue weighted by atomic mass is 79.9. The molecular formula is C17H16Br3F. The molecule has 112 valence electrons. The van der Waals surface area contributed by atoms with Gasteiger partial charge in [0.15, 0.2) is 0 Å². The number of halogens is 4. The number of hydrogen-bond acceptors (Lipinski definition) is 0. The van der Waals surface area contributed by atoms with Crippen molar-refractivity contribution >= 4 is 47.8 Å². The zero-order valence-electron chi connectivity index (χ0n) is 11.7. The van der Waals surface area contributed by atoms with E-state index in [1.165, 1.54) is 17.2 Å². The van der Waals surface area contributed by atoms with E-state index in [0.29, 0.717) is 6.42 Å². The molecule has 2 rings (SSSR count). The van der Waals surface area contributed by atoms with E-state index in [1.54, 1.807) is 6.07 Å². The highest BCUT2D eigenvalue weighted by Gasteiger charge is 2.32. The zero-order chi connectivity index (χ0) is 15.5. The summed E-state index contributed by atoms with van der Waals surface area (Å²) in [7, 11) is 0. The molecule has 0 aliphatic carbocycles. The van der Waals surface area contributed by atoms with Gasteiger partial charge in [0.25, 0.3) is 0 Å². The Morgan fingerprint density at radius 1 is 1.05 bits per heavy atom. The van der Waals surface area contributed by atoms with Gasteiger partial charge in [-0.05, 0) is 48.2 Å². The van der Waals surface area contributed by atoms with E-state index in [-0.39, 0.29) is 11.2 Å². The van der Waals surface area contributed by atoms with Crippen molar-refractivity contribution in [2.24, 2.45) is 0 Å². The van der Waals surface area contributed by atoms with Crippen LogP contribution in [0.2, 0.25) is 0 Å². The first-order chi connectivity index (χ1) is 10.0. The Kier molecular flexibility index (Phi) is 6.04. The van der Waals surface area contributed by atoms with Gasteiger partial charge < -0.3 is 0 Å². The topological polar surface area (TPSA) is 0 Å². The van der Waals surface area contributed by atoms with Gasteiger partial charge in [0.1, 0.15) is 5.82 Å². The van der Waals surface area contributed by atoms with Crippen LogP contribution in [0, 0.1) is 12.7 Å². The van der Waals surface area contributed by atoms with E-state index in [1.807, 2.05) is 18.2 Å². The largest absolute Gasteiger partial charge is 0.207 e. The molecule has 0 nitrogen and oxygen atoms in total. The molecule has 0 aromatic heterocycles. The molecule has 0 bridgehead atoms. The molecule has 21 heavy (non-hydrogen) atoms. The molecule has 0 aliphatic rings. The van der Waals surface area contributed by atoms with Crippen LogP contribution in [0.25, 0.3) is 0 Å². The summed E-state index contributed by atoms with van der Waals surface area (Å²) < 4.78 is 15.0. The fourth-order valence-corrected chi connectivity index (χ4v) is 4.92. The molecular weight excluding hydrogens is 463 g/mol. The second-order valence-electron chi connectivity index (χ2n) is 5.28. The zero-order valence-corrected chi connectivity index (χ0v) is 16.4. The highest BCUT2D eigenvalue weighted by molar-refractivity contribution is 9.10. The van der Waals surface area contributed by atoms with Gasteiger partial charge in [-0.1, -0.05) is 72.1 Å². The Morgan fingerprint density at radius 2 is 1.71 bits per heavy atom. The van der Waals surface area contributed by atoms with Crippen molar-refractivity contribution in [2.45, 2.75) is 18.8 Å². The molecule has 0 fully saturated rings. The second-order valence-corrected chi connectivity index (χ2v) is 7.31. The lowest BCUT2D eigenvalue weighted by Crippen LogP contribution is -2.34. The van der Waals surface area contributed by atoms with Gasteiger partial charge in [0, 0.05) is 20.5 Å². The summed E-state index contributed by atoms with van der Waals surface area (Å²) in [5.41, 5.74) is 3.03. The van der Waals surface area contributed by atoms with Gasteiger partial charge in [-0.3, -0.25) is 0 Å². The summed E-state index contributed by atoms with van der Waals surface area (Å²) in [5, 5.41) is 1.53. The lowest BCUT2D eigenvalue weighted by Gasteiger charge is -2.32. The number of hydrogen-bond donors (Lipinski definition) is 0. The summed E-state index contributed by atoms with van der Waals surface area (Å²) in [6, 6.07) is 13.4. The normalized spacial score (nSPS) is 11.7. The molecule has 0 atom stereocenters. The first-order valence-electron chi connectivity index (χ1n) is 6.64. The first-order valence-corrected chi connectivity index (χ1v) is 9.68. The summed E-state index contributed by atoms with van der Waals surface area (Å²) >= 11 is 10.7. The third-order valence-electron chi connectivity index (χ3n) is 3.76. The molecule has 0 N–H and O–H groups in total. The molecule has 0 saturated heterocycles. The molecule has 0 aliphatic heterocycles. The Bertz CT molecular complexity index is 621. The molecule has 0 amide bonds. The second kappa shape index (κ2) is 7.38. The predicted octanol–water partition coefficient (Wildman–Crippen LogP) is 6.17. The van der Waals surface area contributed by atoms with E-state index in [9.17, 15) is 4.39 Å². The van der Waals surface area contributed by atoms with Crippen LogP contribution in [-0.4, -0.2) is 10.7 Å². The molecule has 2 aromatic carbocycles. The molecule has 2 aromatic rings. The minimum Gasteiger partial charge on any atom is -0.207 e. The summed E-state index contributed by atoms with van der Waals surface area (Å²) in [6.45, 7) is 2.10. The van der Waals surface area contributed by atoms with Crippen molar-refractivity contribution in [2.75, 3.05) is 10.7 Å². The first kappa shape index (κ1) is 17.2. The van der Waals surface area contributed by atoms with Gasteiger partial charge in [0.2, 0.25) is 0 Å². The number of alkyl halides is 2. The van der Waals surface area contributed by atoms with Crippen molar-refractivity contribution in [3.8, 4) is 0 Å². The van der Waals surface area contributed by atoms with Crippen molar-refractivity contribution in [3.05, 3.63) is 69.4 Å². The molecule has 0 unspecified atom stereocenters. The average molecular weight is 479 g/mol. The standard InChI is InChI=1S/C17H16Br3F/c1-12-4-2-3-5-15(12)17(10-18,11-19)9-13-8-14(20)6-7-16(13)21/h2-8H,9-11H2,1H3. The highest BCUT2D eigenvalue weighted by Crippen LogP contribution is 2.35. The van der Waals surface area contributed by atoms with Crippen LogP contribution in [0.4, 0.5) is 4.39 Å². The summed E-state index contributed by atoms with van der Waals surface area (Å²) in [6.07, 6.45) is 0.639. The molecule has 0 spiro atoms. The van der Waals surface area contributed by atoms with Gasteiger partial charge in [-0.15, -0.1) is 0 Å². The Hall–Kier alpha value is -0.190. The quantitative estimate of drug-likeness (QED) is 0.451. The molecule has 0 heterocycles. The Balaban J connectivity index is 2.48. The maximum atomic E-state index is 14.1. The third-order valence-corrected chi connectivity index (χ3v) is 6.40. The van der Waals surface area contributed by atoms with Crippen molar-refractivity contribution in [1.82, 2.24) is 0 Å². The van der Waals surface area contributed by atoms with Crippen LogP contribution in [0.5, 0.6) is 0 Å². The summed E-state index contributed by atoms with van der Waals surface area (Å²) in [4.78, 5) is 0. The predicted molar refractivity (Wildman–Crippen MR) is 98.2 cm³/mol. The van der Waals surface area contributed by atoms with E-state index in [0.717, 1.165) is 20.7 Å². The van der Waals surface area contributed by atoms with Crippen LogP contribution in [0.15, 0.2) is 46.9 Å². The summed E-state index contributed by atoms with van der Waals surface area (Å²) in [5.74, 6) is -0.155. The van der Waals surface area contributed by atoms with Crippen LogP contribution in [0.3, 0.4) is 0 Å². The monoisotopic (exact) mass is 476 g/mol. The van der Waals surface area contributed by atoms with E-state index in [2.05, 4.69) is 66.8 Å². The third kappa shape index (κ3) is 3.77. The van der Waals surface area contributed by atoms with Crippen molar-refractivity contribution < 1.29 is 4.39 Å². The van der Waals surface area contributed by atoms with Crippen LogP contribution >= 0.6 is 47.8 Å². The fraction of sp³-hybridized carbons (Fsp3) is 0.294. The van der Waals surface area contributed by atoms with Crippen LogP contribution < -0.4 is 0 Å². The molecule has 4 heteroatoms. The SMILES string of the molecule is Cc1ccccc1C(CBr)(CBr)Cc1cc(Br)ccc1F. The van der Waals surface area contributed by atoms with Crippen LogP contribution in [-0.2, 0) is 11.8 Å². The maximum absolute atomic E-state index is 14.1. The Morgan fingerprint density at radius 3 is 2.33 bits per heavy atom. The average Bonchev–Trinajstić information content (AvgIpc) is 2.49. The van der Waals surface area contributed by atoms with Crippen molar-refractivity contribution in [1.29, 1.82) is 0 Å². The van der Waals surface area contributed by atoms with Gasteiger partial charge >= 0.3 is 0 Å².